The van der Waals surface area contributed by atoms with Gasteiger partial charge in [0, 0.05) is 36.9 Å². The minimum atomic E-state index is -0.00739. The molecular formula is C19H26N4O. The Hall–Kier alpha value is -2.30. The fourth-order valence-corrected chi connectivity index (χ4v) is 3.39. The summed E-state index contributed by atoms with van der Waals surface area (Å²) >= 11 is 0. The van der Waals surface area contributed by atoms with E-state index >= 15 is 0 Å². The average molecular weight is 326 g/mol. The van der Waals surface area contributed by atoms with Crippen LogP contribution >= 0.6 is 0 Å². The number of aromatic nitrogens is 2. The Bertz CT molecular complexity index is 737. The first kappa shape index (κ1) is 16.6. The Labute approximate surface area is 143 Å². The number of aryl methyl sites for hydroxylation is 2. The summed E-state index contributed by atoms with van der Waals surface area (Å²) in [5, 5.41) is 7.57. The molecule has 1 aromatic carbocycles. The zero-order chi connectivity index (χ0) is 17.3. The summed E-state index contributed by atoms with van der Waals surface area (Å²) in [6.07, 6.45) is 0. The van der Waals surface area contributed by atoms with Gasteiger partial charge in [-0.15, -0.1) is 0 Å². The highest BCUT2D eigenvalue weighted by Gasteiger charge is 2.29. The topological polar surface area (TPSA) is 50.2 Å². The van der Waals surface area contributed by atoms with Crippen molar-refractivity contribution in [1.29, 1.82) is 0 Å². The molecule has 0 saturated heterocycles. The number of carbonyl (C=O) groups excluding carboxylic acids is 1. The fourth-order valence-electron chi connectivity index (χ4n) is 3.39. The third-order valence-electron chi connectivity index (χ3n) is 4.65. The quantitative estimate of drug-likeness (QED) is 0.935. The summed E-state index contributed by atoms with van der Waals surface area (Å²) in [7, 11) is 0. The fraction of sp³-hybridized carbons (Fsp3) is 0.474. The Kier molecular flexibility index (Phi) is 4.60. The third kappa shape index (κ3) is 3.30. The Morgan fingerprint density at radius 3 is 2.83 bits per heavy atom. The third-order valence-corrected chi connectivity index (χ3v) is 4.65. The van der Waals surface area contributed by atoms with Gasteiger partial charge in [-0.2, -0.15) is 5.10 Å². The summed E-state index contributed by atoms with van der Waals surface area (Å²) in [6, 6.07) is 10.2. The van der Waals surface area contributed by atoms with Gasteiger partial charge in [0.1, 0.15) is 0 Å². The second-order valence-electron chi connectivity index (χ2n) is 6.97. The number of rotatable bonds is 4. The highest BCUT2D eigenvalue weighted by molar-refractivity contribution is 5.94. The molecule has 1 aliphatic heterocycles. The first-order valence-electron chi connectivity index (χ1n) is 8.61. The molecule has 3 rings (SSSR count). The van der Waals surface area contributed by atoms with E-state index < -0.39 is 0 Å². The number of carbonyl (C=O) groups is 1. The van der Waals surface area contributed by atoms with E-state index in [2.05, 4.69) is 43.3 Å². The smallest absolute Gasteiger partial charge is 0.321 e. The average Bonchev–Trinajstić information content (AvgIpc) is 3.05. The van der Waals surface area contributed by atoms with E-state index in [-0.39, 0.29) is 6.03 Å². The minimum absolute atomic E-state index is 0.00739. The van der Waals surface area contributed by atoms with Crippen molar-refractivity contribution in [2.75, 3.05) is 18.0 Å². The van der Waals surface area contributed by atoms with Crippen LogP contribution in [0.5, 0.6) is 0 Å². The van der Waals surface area contributed by atoms with Crippen molar-refractivity contribution in [2.45, 2.75) is 40.2 Å². The van der Waals surface area contributed by atoms with Gasteiger partial charge in [0.25, 0.3) is 0 Å². The zero-order valence-corrected chi connectivity index (χ0v) is 14.9. The molecular weight excluding hydrogens is 300 g/mol. The van der Waals surface area contributed by atoms with Gasteiger partial charge in [0.15, 0.2) is 0 Å². The van der Waals surface area contributed by atoms with Gasteiger partial charge in [0.2, 0.25) is 0 Å². The maximum Gasteiger partial charge on any atom is 0.321 e. The van der Waals surface area contributed by atoms with Crippen LogP contribution in [-0.4, -0.2) is 28.9 Å². The predicted octanol–water partition coefficient (Wildman–Crippen LogP) is 3.47. The van der Waals surface area contributed by atoms with Crippen molar-refractivity contribution in [3.8, 4) is 0 Å². The SMILES string of the molecule is Cc1cc(C)n(CC(C)CNC(=O)N2CC(C)c3ccccc32)n1. The maximum atomic E-state index is 12.6. The molecule has 2 amide bonds. The lowest BCUT2D eigenvalue weighted by Crippen LogP contribution is -2.41. The van der Waals surface area contributed by atoms with Gasteiger partial charge in [-0.25, -0.2) is 4.79 Å². The molecule has 128 valence electrons. The molecule has 0 aliphatic carbocycles. The second kappa shape index (κ2) is 6.67. The van der Waals surface area contributed by atoms with Crippen molar-refractivity contribution < 1.29 is 4.79 Å². The van der Waals surface area contributed by atoms with Crippen LogP contribution in [-0.2, 0) is 6.54 Å². The van der Waals surface area contributed by atoms with Gasteiger partial charge in [-0.3, -0.25) is 9.58 Å². The van der Waals surface area contributed by atoms with E-state index in [9.17, 15) is 4.79 Å². The lowest BCUT2D eigenvalue weighted by Gasteiger charge is -2.20. The van der Waals surface area contributed by atoms with Crippen molar-refractivity contribution >= 4 is 11.7 Å². The summed E-state index contributed by atoms with van der Waals surface area (Å²) in [5.41, 5.74) is 4.48. The van der Waals surface area contributed by atoms with Crippen LogP contribution in [0.1, 0.15) is 36.7 Å². The summed E-state index contributed by atoms with van der Waals surface area (Å²) in [5.74, 6) is 0.710. The monoisotopic (exact) mass is 326 g/mol. The van der Waals surface area contributed by atoms with Crippen LogP contribution in [0.25, 0.3) is 0 Å². The molecule has 0 fully saturated rings. The van der Waals surface area contributed by atoms with Crippen LogP contribution in [0.3, 0.4) is 0 Å². The first-order chi connectivity index (χ1) is 11.5. The largest absolute Gasteiger partial charge is 0.337 e. The number of hydrogen-bond donors (Lipinski definition) is 1. The lowest BCUT2D eigenvalue weighted by molar-refractivity contribution is 0.244. The van der Waals surface area contributed by atoms with Crippen molar-refractivity contribution in [1.82, 2.24) is 15.1 Å². The van der Waals surface area contributed by atoms with E-state index in [4.69, 9.17) is 0 Å². The number of anilines is 1. The van der Waals surface area contributed by atoms with Crippen LogP contribution < -0.4 is 10.2 Å². The number of fused-ring (bicyclic) bond motifs is 1. The Morgan fingerprint density at radius 1 is 1.38 bits per heavy atom. The summed E-state index contributed by atoms with van der Waals surface area (Å²) in [6.45, 7) is 10.6. The normalized spacial score (nSPS) is 17.7. The first-order valence-corrected chi connectivity index (χ1v) is 8.61. The van der Waals surface area contributed by atoms with Gasteiger partial charge in [0.05, 0.1) is 5.69 Å². The zero-order valence-electron chi connectivity index (χ0n) is 14.9. The second-order valence-corrected chi connectivity index (χ2v) is 6.97. The van der Waals surface area contributed by atoms with Crippen molar-refractivity contribution in [3.63, 3.8) is 0 Å². The van der Waals surface area contributed by atoms with Crippen LogP contribution in [0.15, 0.2) is 30.3 Å². The van der Waals surface area contributed by atoms with Crippen LogP contribution in [0, 0.1) is 19.8 Å². The Balaban J connectivity index is 1.57. The molecule has 2 aromatic rings. The highest BCUT2D eigenvalue weighted by Crippen LogP contribution is 2.35. The number of benzene rings is 1. The van der Waals surface area contributed by atoms with Crippen molar-refractivity contribution in [3.05, 3.63) is 47.3 Å². The standard InChI is InChI=1S/C19H26N4O/c1-13(11-23-16(4)9-15(3)21-23)10-20-19(24)22-12-14(2)17-7-5-6-8-18(17)22/h5-9,13-14H,10-12H2,1-4H3,(H,20,24). The van der Waals surface area contributed by atoms with E-state index in [1.54, 1.807) is 0 Å². The molecule has 24 heavy (non-hydrogen) atoms. The molecule has 0 radical (unpaired) electrons. The molecule has 1 N–H and O–H groups in total. The van der Waals surface area contributed by atoms with Crippen molar-refractivity contribution in [2.24, 2.45) is 5.92 Å². The predicted molar refractivity (Wildman–Crippen MR) is 96.5 cm³/mol. The molecule has 2 atom stereocenters. The van der Waals surface area contributed by atoms with Gasteiger partial charge in [-0.1, -0.05) is 32.0 Å². The van der Waals surface area contributed by atoms with E-state index in [1.165, 1.54) is 5.56 Å². The van der Waals surface area contributed by atoms with Crippen LogP contribution in [0.4, 0.5) is 10.5 Å². The number of amides is 2. The van der Waals surface area contributed by atoms with E-state index in [0.29, 0.717) is 18.4 Å². The van der Waals surface area contributed by atoms with Gasteiger partial charge >= 0.3 is 6.03 Å². The molecule has 2 heterocycles. The summed E-state index contributed by atoms with van der Waals surface area (Å²) < 4.78 is 2.01. The lowest BCUT2D eigenvalue weighted by atomic mass is 10.0. The van der Waals surface area contributed by atoms with E-state index in [1.807, 2.05) is 34.7 Å². The van der Waals surface area contributed by atoms with Crippen LogP contribution in [0.2, 0.25) is 0 Å². The number of urea groups is 1. The van der Waals surface area contributed by atoms with E-state index in [0.717, 1.165) is 30.2 Å². The number of para-hydroxylation sites is 1. The molecule has 2 unspecified atom stereocenters. The number of nitrogens with one attached hydrogen (secondary N) is 1. The molecule has 5 nitrogen and oxygen atoms in total. The van der Waals surface area contributed by atoms with Gasteiger partial charge < -0.3 is 5.32 Å². The summed E-state index contributed by atoms with van der Waals surface area (Å²) in [4.78, 5) is 14.4. The maximum absolute atomic E-state index is 12.6. The molecule has 0 bridgehead atoms. The number of nitrogens with zero attached hydrogens (tertiary/aromatic N) is 3. The molecule has 0 spiro atoms. The van der Waals surface area contributed by atoms with Gasteiger partial charge in [-0.05, 0) is 37.5 Å². The molecule has 5 heteroatoms. The minimum Gasteiger partial charge on any atom is -0.337 e. The molecule has 1 aromatic heterocycles. The Morgan fingerprint density at radius 2 is 2.12 bits per heavy atom. The highest BCUT2D eigenvalue weighted by atomic mass is 16.2. The molecule has 0 saturated carbocycles. The number of hydrogen-bond acceptors (Lipinski definition) is 2. The molecule has 1 aliphatic rings.